The van der Waals surface area contributed by atoms with Gasteiger partial charge in [0.2, 0.25) is 11.6 Å². The van der Waals surface area contributed by atoms with E-state index in [4.69, 9.17) is 0 Å². The minimum absolute atomic E-state index is 0.168. The number of anilines is 2. The van der Waals surface area contributed by atoms with Crippen LogP contribution >= 0.6 is 0 Å². The molecular weight excluding hydrogens is 356 g/mol. The van der Waals surface area contributed by atoms with E-state index in [1.54, 1.807) is 36.5 Å². The van der Waals surface area contributed by atoms with E-state index in [-0.39, 0.29) is 30.7 Å². The Morgan fingerprint density at radius 3 is 2.64 bits per heavy atom. The number of amides is 3. The highest BCUT2D eigenvalue weighted by Gasteiger charge is 2.61. The first-order valence-corrected chi connectivity index (χ1v) is 9.36. The molecule has 0 radical (unpaired) electrons. The molecule has 7 nitrogen and oxygen atoms in total. The highest BCUT2D eigenvalue weighted by Crippen LogP contribution is 2.45. The summed E-state index contributed by atoms with van der Waals surface area (Å²) >= 11 is 0. The normalized spacial score (nSPS) is 21.0. The summed E-state index contributed by atoms with van der Waals surface area (Å²) in [5.74, 6) is -0.407. The van der Waals surface area contributed by atoms with Crippen molar-refractivity contribution < 1.29 is 14.4 Å². The summed E-state index contributed by atoms with van der Waals surface area (Å²) in [5.41, 5.74) is 0.325. The fourth-order valence-electron chi connectivity index (χ4n) is 4.23. The molecule has 2 aliphatic heterocycles. The number of carbonyl (C=O) groups excluding carboxylic acids is 3. The Morgan fingerprint density at radius 1 is 1.18 bits per heavy atom. The third-order valence-electron chi connectivity index (χ3n) is 5.42. The molecule has 0 bridgehead atoms. The Labute approximate surface area is 163 Å². The number of carbonyl (C=O) groups is 3. The van der Waals surface area contributed by atoms with E-state index < -0.39 is 11.6 Å². The highest BCUT2D eigenvalue weighted by molar-refractivity contribution is 6.18. The molecule has 2 aliphatic rings. The first-order valence-electron chi connectivity index (χ1n) is 9.36. The van der Waals surface area contributed by atoms with Gasteiger partial charge < -0.3 is 10.2 Å². The summed E-state index contributed by atoms with van der Waals surface area (Å²) in [6.07, 6.45) is 2.03. The predicted octanol–water partition coefficient (Wildman–Crippen LogP) is 2.72. The van der Waals surface area contributed by atoms with Gasteiger partial charge in [-0.1, -0.05) is 18.2 Å². The van der Waals surface area contributed by atoms with Crippen LogP contribution in [0.3, 0.4) is 0 Å². The van der Waals surface area contributed by atoms with Crippen molar-refractivity contribution in [3.63, 3.8) is 0 Å². The van der Waals surface area contributed by atoms with Crippen LogP contribution in [0.4, 0.5) is 11.5 Å². The minimum Gasteiger partial charge on any atom is -0.307 e. The SMILES string of the molecule is Cc1cccnc1NC(=O)[C@]12CCC(=O)N1c1ccccc1C(=O)N2C(C)C. The fraction of sp³-hybridized carbons (Fsp3) is 0.333. The molecule has 1 saturated heterocycles. The van der Waals surface area contributed by atoms with Gasteiger partial charge in [-0.15, -0.1) is 0 Å². The lowest BCUT2D eigenvalue weighted by Gasteiger charge is -2.50. The largest absolute Gasteiger partial charge is 0.307 e. The Kier molecular flexibility index (Phi) is 4.18. The molecule has 4 rings (SSSR count). The van der Waals surface area contributed by atoms with E-state index in [0.29, 0.717) is 17.1 Å². The van der Waals surface area contributed by atoms with E-state index in [2.05, 4.69) is 10.3 Å². The highest BCUT2D eigenvalue weighted by atomic mass is 16.2. The number of pyridine rings is 1. The van der Waals surface area contributed by atoms with Gasteiger partial charge in [-0.05, 0) is 44.5 Å². The zero-order valence-corrected chi connectivity index (χ0v) is 16.1. The number of aryl methyl sites for hydroxylation is 1. The van der Waals surface area contributed by atoms with Gasteiger partial charge in [0.1, 0.15) is 5.82 Å². The maximum Gasteiger partial charge on any atom is 0.273 e. The van der Waals surface area contributed by atoms with Crippen LogP contribution < -0.4 is 10.2 Å². The van der Waals surface area contributed by atoms with Crippen LogP contribution in [0.2, 0.25) is 0 Å². The first-order chi connectivity index (χ1) is 13.4. The molecule has 1 atom stereocenters. The molecule has 1 N–H and O–H groups in total. The van der Waals surface area contributed by atoms with Crippen molar-refractivity contribution in [1.29, 1.82) is 0 Å². The molecule has 1 aromatic heterocycles. The fourth-order valence-corrected chi connectivity index (χ4v) is 4.23. The second kappa shape index (κ2) is 6.44. The Bertz CT molecular complexity index is 987. The average molecular weight is 378 g/mol. The van der Waals surface area contributed by atoms with Crippen LogP contribution in [0.1, 0.15) is 42.6 Å². The van der Waals surface area contributed by atoms with Crippen LogP contribution in [-0.4, -0.2) is 39.3 Å². The summed E-state index contributed by atoms with van der Waals surface area (Å²) in [6, 6.07) is 10.3. The van der Waals surface area contributed by atoms with Crippen molar-refractivity contribution in [2.45, 2.75) is 45.3 Å². The summed E-state index contributed by atoms with van der Waals surface area (Å²) in [5, 5.41) is 2.86. The minimum atomic E-state index is -1.40. The molecule has 144 valence electrons. The van der Waals surface area contributed by atoms with Gasteiger partial charge in [-0.3, -0.25) is 19.3 Å². The van der Waals surface area contributed by atoms with Crippen LogP contribution in [0.15, 0.2) is 42.6 Å². The molecular formula is C21H22N4O3. The molecule has 1 aromatic carbocycles. The summed E-state index contributed by atoms with van der Waals surface area (Å²) in [6.45, 7) is 5.56. The third-order valence-corrected chi connectivity index (χ3v) is 5.42. The maximum absolute atomic E-state index is 13.6. The molecule has 2 aromatic rings. The van der Waals surface area contributed by atoms with Crippen molar-refractivity contribution in [2.24, 2.45) is 0 Å². The summed E-state index contributed by atoms with van der Waals surface area (Å²) in [4.78, 5) is 47.1. The van der Waals surface area contributed by atoms with E-state index in [9.17, 15) is 14.4 Å². The van der Waals surface area contributed by atoms with E-state index in [0.717, 1.165) is 5.56 Å². The number of para-hydroxylation sites is 1. The van der Waals surface area contributed by atoms with Crippen LogP contribution in [0.5, 0.6) is 0 Å². The van der Waals surface area contributed by atoms with Crippen molar-refractivity contribution in [1.82, 2.24) is 9.88 Å². The maximum atomic E-state index is 13.6. The lowest BCUT2D eigenvalue weighted by molar-refractivity contribution is -0.129. The molecule has 28 heavy (non-hydrogen) atoms. The summed E-state index contributed by atoms with van der Waals surface area (Å²) in [7, 11) is 0. The topological polar surface area (TPSA) is 82.6 Å². The smallest absolute Gasteiger partial charge is 0.273 e. The zero-order valence-electron chi connectivity index (χ0n) is 16.1. The number of rotatable bonds is 3. The molecule has 0 unspecified atom stereocenters. The van der Waals surface area contributed by atoms with Crippen molar-refractivity contribution in [3.05, 3.63) is 53.7 Å². The zero-order chi connectivity index (χ0) is 20.1. The average Bonchev–Trinajstić information content (AvgIpc) is 3.02. The molecule has 0 saturated carbocycles. The van der Waals surface area contributed by atoms with Gasteiger partial charge in [-0.25, -0.2) is 4.98 Å². The standard InChI is InChI=1S/C21H22N4O3/c1-13(2)24-19(27)15-8-4-5-9-16(15)25-17(26)10-11-21(24,25)20(28)23-18-14(3)7-6-12-22-18/h4-9,12-13H,10-11H2,1-3H3,(H,22,23,28)/t21-/m0/s1. The second-order valence-electron chi connectivity index (χ2n) is 7.45. The van der Waals surface area contributed by atoms with Gasteiger partial charge in [-0.2, -0.15) is 0 Å². The number of fused-ring (bicyclic) bond motifs is 3. The summed E-state index contributed by atoms with van der Waals surface area (Å²) < 4.78 is 0. The molecule has 0 spiro atoms. The quantitative estimate of drug-likeness (QED) is 0.890. The number of nitrogens with zero attached hydrogens (tertiary/aromatic N) is 3. The van der Waals surface area contributed by atoms with Crippen molar-refractivity contribution in [2.75, 3.05) is 10.2 Å². The molecule has 3 heterocycles. The van der Waals surface area contributed by atoms with Crippen LogP contribution in [0, 0.1) is 6.92 Å². The Balaban J connectivity index is 1.88. The number of hydrogen-bond acceptors (Lipinski definition) is 4. The van der Waals surface area contributed by atoms with Crippen LogP contribution in [0.25, 0.3) is 0 Å². The van der Waals surface area contributed by atoms with Gasteiger partial charge in [0.05, 0.1) is 11.3 Å². The molecule has 0 aliphatic carbocycles. The lowest BCUT2D eigenvalue weighted by atomic mass is 9.94. The Hall–Kier alpha value is -3.22. The Morgan fingerprint density at radius 2 is 1.93 bits per heavy atom. The number of hydrogen-bond donors (Lipinski definition) is 1. The van der Waals surface area contributed by atoms with Gasteiger partial charge in [0, 0.05) is 25.1 Å². The third kappa shape index (κ3) is 2.42. The first kappa shape index (κ1) is 18.2. The second-order valence-corrected chi connectivity index (χ2v) is 7.45. The van der Waals surface area contributed by atoms with E-state index >= 15 is 0 Å². The monoisotopic (exact) mass is 378 g/mol. The van der Waals surface area contributed by atoms with E-state index in [1.807, 2.05) is 26.8 Å². The van der Waals surface area contributed by atoms with E-state index in [1.165, 1.54) is 9.80 Å². The lowest BCUT2D eigenvalue weighted by Crippen LogP contribution is -2.71. The van der Waals surface area contributed by atoms with Gasteiger partial charge in [0.25, 0.3) is 11.8 Å². The molecule has 1 fully saturated rings. The van der Waals surface area contributed by atoms with Crippen LogP contribution in [-0.2, 0) is 9.59 Å². The van der Waals surface area contributed by atoms with Gasteiger partial charge in [0.15, 0.2) is 0 Å². The number of aromatic nitrogens is 1. The van der Waals surface area contributed by atoms with Gasteiger partial charge >= 0.3 is 0 Å². The number of nitrogens with one attached hydrogen (secondary N) is 1. The van der Waals surface area contributed by atoms with Crippen molar-refractivity contribution in [3.8, 4) is 0 Å². The predicted molar refractivity (Wildman–Crippen MR) is 105 cm³/mol. The number of benzene rings is 1. The molecule has 3 amide bonds. The van der Waals surface area contributed by atoms with Crippen molar-refractivity contribution >= 4 is 29.2 Å². The molecule has 7 heteroatoms.